The minimum atomic E-state index is -0.109. The number of allylic oxidation sites excluding steroid dienone is 1. The molecule has 4 heteroatoms. The van der Waals surface area contributed by atoms with Gasteiger partial charge in [-0.3, -0.25) is 9.59 Å². The number of ether oxygens (including phenoxy) is 2. The molecule has 0 N–H and O–H groups in total. The quantitative estimate of drug-likeness (QED) is 0.325. The number of hydrogen-bond acceptors (Lipinski definition) is 4. The van der Waals surface area contributed by atoms with Crippen molar-refractivity contribution in [1.29, 1.82) is 0 Å². The largest absolute Gasteiger partial charge is 0.426 e. The van der Waals surface area contributed by atoms with Gasteiger partial charge in [0.05, 0.1) is 12.0 Å². The van der Waals surface area contributed by atoms with Gasteiger partial charge in [-0.15, -0.1) is 0 Å². The fourth-order valence-electron chi connectivity index (χ4n) is 4.77. The molecule has 0 heterocycles. The third kappa shape index (κ3) is 6.27. The first-order chi connectivity index (χ1) is 14.1. The van der Waals surface area contributed by atoms with Gasteiger partial charge in [0.25, 0.3) is 0 Å². The second-order valence-electron chi connectivity index (χ2n) is 8.63. The fourth-order valence-corrected chi connectivity index (χ4v) is 4.77. The highest BCUT2D eigenvalue weighted by Crippen LogP contribution is 2.38. The van der Waals surface area contributed by atoms with Crippen molar-refractivity contribution < 1.29 is 19.1 Å². The van der Waals surface area contributed by atoms with Crippen molar-refractivity contribution in [3.05, 3.63) is 42.5 Å². The maximum Gasteiger partial charge on any atom is 0.314 e. The summed E-state index contributed by atoms with van der Waals surface area (Å²) in [6.45, 7) is 3.55. The smallest absolute Gasteiger partial charge is 0.314 e. The van der Waals surface area contributed by atoms with Crippen molar-refractivity contribution in [2.45, 2.75) is 76.2 Å². The Morgan fingerprint density at radius 3 is 2.24 bits per heavy atom. The molecule has 0 spiro atoms. The maximum atomic E-state index is 12.4. The first kappa shape index (κ1) is 21.8. The van der Waals surface area contributed by atoms with E-state index >= 15 is 0 Å². The molecule has 1 aromatic rings. The molecule has 0 radical (unpaired) electrons. The minimum Gasteiger partial charge on any atom is -0.426 e. The zero-order chi connectivity index (χ0) is 20.6. The van der Waals surface area contributed by atoms with Crippen LogP contribution in [0.4, 0.5) is 0 Å². The average molecular weight is 399 g/mol. The zero-order valence-electron chi connectivity index (χ0n) is 17.6. The van der Waals surface area contributed by atoms with Crippen LogP contribution >= 0.6 is 0 Å². The second kappa shape index (κ2) is 10.7. The Labute approximate surface area is 174 Å². The zero-order valence-corrected chi connectivity index (χ0v) is 17.6. The molecule has 2 aliphatic rings. The van der Waals surface area contributed by atoms with Gasteiger partial charge in [0.1, 0.15) is 5.75 Å². The molecule has 1 aromatic carbocycles. The molecule has 0 aliphatic heterocycles. The van der Waals surface area contributed by atoms with Crippen molar-refractivity contribution in [3.8, 4) is 5.75 Å². The fraction of sp³-hybridized carbons (Fsp3) is 0.600. The summed E-state index contributed by atoms with van der Waals surface area (Å²) in [7, 11) is 1.74. The van der Waals surface area contributed by atoms with Crippen molar-refractivity contribution in [3.63, 3.8) is 0 Å². The molecule has 0 bridgehead atoms. The molecule has 0 saturated heterocycles. The van der Waals surface area contributed by atoms with Gasteiger partial charge in [0, 0.05) is 13.5 Å². The predicted molar refractivity (Wildman–Crippen MR) is 114 cm³/mol. The van der Waals surface area contributed by atoms with Crippen LogP contribution < -0.4 is 4.74 Å². The van der Waals surface area contributed by atoms with Crippen LogP contribution in [0.25, 0.3) is 0 Å². The Morgan fingerprint density at radius 1 is 1.00 bits per heavy atom. The van der Waals surface area contributed by atoms with E-state index in [4.69, 9.17) is 9.47 Å². The van der Waals surface area contributed by atoms with Crippen LogP contribution in [0.1, 0.15) is 75.7 Å². The second-order valence-corrected chi connectivity index (χ2v) is 8.63. The number of methoxy groups -OCH3 is 1. The van der Waals surface area contributed by atoms with Gasteiger partial charge >= 0.3 is 5.97 Å². The number of carbonyl (C=O) groups is 2. The van der Waals surface area contributed by atoms with Crippen molar-refractivity contribution in [1.82, 2.24) is 0 Å². The van der Waals surface area contributed by atoms with Gasteiger partial charge in [-0.2, -0.15) is 0 Å². The molecule has 4 nitrogen and oxygen atoms in total. The molecule has 158 valence electrons. The van der Waals surface area contributed by atoms with Crippen LogP contribution in [0.3, 0.4) is 0 Å². The Balaban J connectivity index is 1.44. The number of esters is 1. The van der Waals surface area contributed by atoms with Crippen molar-refractivity contribution in [2.24, 2.45) is 11.8 Å². The highest BCUT2D eigenvalue weighted by atomic mass is 16.5. The van der Waals surface area contributed by atoms with Crippen LogP contribution in [-0.4, -0.2) is 25.0 Å². The van der Waals surface area contributed by atoms with E-state index in [1.807, 2.05) is 12.1 Å². The van der Waals surface area contributed by atoms with E-state index in [0.717, 1.165) is 44.9 Å². The van der Waals surface area contributed by atoms with Crippen LogP contribution in [0.15, 0.2) is 36.9 Å². The third-order valence-corrected chi connectivity index (χ3v) is 6.78. The molecule has 29 heavy (non-hydrogen) atoms. The highest BCUT2D eigenvalue weighted by Gasteiger charge is 2.28. The summed E-state index contributed by atoms with van der Waals surface area (Å²) in [4.78, 5) is 23.8. The van der Waals surface area contributed by atoms with E-state index in [2.05, 4.69) is 18.7 Å². The molecular weight excluding hydrogens is 364 g/mol. The van der Waals surface area contributed by atoms with Gasteiger partial charge in [0.15, 0.2) is 5.78 Å². The topological polar surface area (TPSA) is 52.6 Å². The van der Waals surface area contributed by atoms with E-state index in [9.17, 15) is 9.59 Å². The molecule has 0 unspecified atom stereocenters. The van der Waals surface area contributed by atoms with Crippen LogP contribution in [0.2, 0.25) is 0 Å². The van der Waals surface area contributed by atoms with E-state index < -0.39 is 0 Å². The van der Waals surface area contributed by atoms with Gasteiger partial charge in [-0.05, 0) is 93.4 Å². The Kier molecular flexibility index (Phi) is 8.05. The maximum absolute atomic E-state index is 12.4. The highest BCUT2D eigenvalue weighted by molar-refractivity contribution is 5.88. The first-order valence-electron chi connectivity index (χ1n) is 11.1. The van der Waals surface area contributed by atoms with Crippen molar-refractivity contribution in [2.75, 3.05) is 7.11 Å². The van der Waals surface area contributed by atoms with E-state index in [1.54, 1.807) is 7.11 Å². The van der Waals surface area contributed by atoms with Crippen LogP contribution in [0.5, 0.6) is 5.75 Å². The Hall–Kier alpha value is -1.94. The van der Waals surface area contributed by atoms with E-state index in [0.29, 0.717) is 24.0 Å². The van der Waals surface area contributed by atoms with Gasteiger partial charge in [-0.1, -0.05) is 18.7 Å². The predicted octanol–water partition coefficient (Wildman–Crippen LogP) is 5.61. The molecule has 0 atom stereocenters. The average Bonchev–Trinajstić information content (AvgIpc) is 2.78. The standard InChI is InChI=1S/C25H34O4/c1-3-22(26)13-6-18-4-7-19(8-5-18)20-9-16-24(17-10-20)29-25(27)21-11-14-23(28-2)15-12-21/h3,9-10,16-19,21,23H,1,4-8,11-15H2,2H3. The summed E-state index contributed by atoms with van der Waals surface area (Å²) in [6.07, 6.45) is 11.6. The Morgan fingerprint density at radius 2 is 1.66 bits per heavy atom. The van der Waals surface area contributed by atoms with Gasteiger partial charge in [0.2, 0.25) is 0 Å². The summed E-state index contributed by atoms with van der Waals surface area (Å²) in [5.74, 6) is 1.90. The lowest BCUT2D eigenvalue weighted by Gasteiger charge is -2.29. The number of carbonyl (C=O) groups excluding carboxylic acids is 2. The van der Waals surface area contributed by atoms with E-state index in [1.165, 1.54) is 24.5 Å². The molecule has 0 amide bonds. The molecule has 2 saturated carbocycles. The molecule has 0 aromatic heterocycles. The Bertz CT molecular complexity index is 677. The lowest BCUT2D eigenvalue weighted by atomic mass is 9.77. The van der Waals surface area contributed by atoms with Crippen LogP contribution in [0, 0.1) is 11.8 Å². The lowest BCUT2D eigenvalue weighted by Crippen LogP contribution is -2.28. The number of hydrogen-bond donors (Lipinski definition) is 0. The minimum absolute atomic E-state index is 0.00988. The summed E-state index contributed by atoms with van der Waals surface area (Å²) in [5, 5.41) is 0. The third-order valence-electron chi connectivity index (χ3n) is 6.78. The lowest BCUT2D eigenvalue weighted by molar-refractivity contribution is -0.140. The summed E-state index contributed by atoms with van der Waals surface area (Å²) >= 11 is 0. The van der Waals surface area contributed by atoms with E-state index in [-0.39, 0.29) is 23.8 Å². The molecule has 2 aliphatic carbocycles. The number of rotatable bonds is 8. The summed E-state index contributed by atoms with van der Waals surface area (Å²) in [6, 6.07) is 8.08. The van der Waals surface area contributed by atoms with Crippen molar-refractivity contribution >= 4 is 11.8 Å². The molecular formula is C25H34O4. The van der Waals surface area contributed by atoms with Gasteiger partial charge < -0.3 is 9.47 Å². The summed E-state index contributed by atoms with van der Waals surface area (Å²) < 4.78 is 11.0. The van der Waals surface area contributed by atoms with Crippen LogP contribution in [-0.2, 0) is 14.3 Å². The molecule has 3 rings (SSSR count). The monoisotopic (exact) mass is 398 g/mol. The number of ketones is 1. The molecule has 2 fully saturated rings. The van der Waals surface area contributed by atoms with Gasteiger partial charge in [-0.25, -0.2) is 0 Å². The number of benzene rings is 1. The summed E-state index contributed by atoms with van der Waals surface area (Å²) in [5.41, 5.74) is 1.33. The normalized spacial score (nSPS) is 27.2. The first-order valence-corrected chi connectivity index (χ1v) is 11.1. The SMILES string of the molecule is C=CC(=O)CCC1CCC(c2ccc(OC(=O)C3CCC(OC)CC3)cc2)CC1.